The number of ether oxygens (including phenoxy) is 2. The molecule has 1 aromatic heterocycles. The third kappa shape index (κ3) is 5.19. The SMILES string of the molecule is COc1ccc(CCN2CCN(CCc3ccccn3)CC2)cc1OC. The van der Waals surface area contributed by atoms with E-state index >= 15 is 0 Å². The van der Waals surface area contributed by atoms with Crippen molar-refractivity contribution in [2.24, 2.45) is 0 Å². The van der Waals surface area contributed by atoms with Gasteiger partial charge in [-0.3, -0.25) is 4.98 Å². The van der Waals surface area contributed by atoms with E-state index in [0.717, 1.165) is 63.6 Å². The molecule has 140 valence electrons. The number of piperazine rings is 1. The molecule has 0 spiro atoms. The van der Waals surface area contributed by atoms with E-state index in [4.69, 9.17) is 9.47 Å². The summed E-state index contributed by atoms with van der Waals surface area (Å²) in [5.74, 6) is 1.60. The summed E-state index contributed by atoms with van der Waals surface area (Å²) in [5, 5.41) is 0. The van der Waals surface area contributed by atoms with Crippen molar-refractivity contribution in [2.45, 2.75) is 12.8 Å². The minimum Gasteiger partial charge on any atom is -0.493 e. The topological polar surface area (TPSA) is 37.8 Å². The standard InChI is InChI=1S/C21H29N3O2/c1-25-20-7-6-18(17-21(20)26-2)8-11-23-13-15-24(16-14-23)12-9-19-5-3-4-10-22-19/h3-7,10,17H,8-9,11-16H2,1-2H3. The molecule has 5 nitrogen and oxygen atoms in total. The normalized spacial score (nSPS) is 15.8. The molecule has 0 amide bonds. The van der Waals surface area contributed by atoms with Gasteiger partial charge in [-0.15, -0.1) is 0 Å². The van der Waals surface area contributed by atoms with E-state index < -0.39 is 0 Å². The summed E-state index contributed by atoms with van der Waals surface area (Å²) in [6.07, 6.45) is 3.95. The molecule has 0 saturated carbocycles. The largest absolute Gasteiger partial charge is 0.493 e. The number of aromatic nitrogens is 1. The number of pyridine rings is 1. The Morgan fingerprint density at radius 2 is 1.54 bits per heavy atom. The van der Waals surface area contributed by atoms with Crippen LogP contribution in [0.25, 0.3) is 0 Å². The average Bonchev–Trinajstić information content (AvgIpc) is 2.72. The molecule has 1 aliphatic rings. The van der Waals surface area contributed by atoms with Gasteiger partial charge in [-0.25, -0.2) is 0 Å². The molecule has 3 rings (SSSR count). The third-order valence-electron chi connectivity index (χ3n) is 5.04. The lowest BCUT2D eigenvalue weighted by Gasteiger charge is -2.34. The Labute approximate surface area is 156 Å². The van der Waals surface area contributed by atoms with E-state index in [1.54, 1.807) is 14.2 Å². The maximum Gasteiger partial charge on any atom is 0.160 e. The van der Waals surface area contributed by atoms with Crippen LogP contribution in [0.1, 0.15) is 11.3 Å². The first-order valence-corrected chi connectivity index (χ1v) is 9.34. The zero-order valence-electron chi connectivity index (χ0n) is 15.9. The highest BCUT2D eigenvalue weighted by Gasteiger charge is 2.16. The lowest BCUT2D eigenvalue weighted by Crippen LogP contribution is -2.47. The van der Waals surface area contributed by atoms with Crippen molar-refractivity contribution in [1.29, 1.82) is 0 Å². The summed E-state index contributed by atoms with van der Waals surface area (Å²) in [5.41, 5.74) is 2.48. The van der Waals surface area contributed by atoms with Crippen LogP contribution in [0.15, 0.2) is 42.6 Å². The highest BCUT2D eigenvalue weighted by molar-refractivity contribution is 5.42. The second-order valence-corrected chi connectivity index (χ2v) is 6.69. The molecule has 0 radical (unpaired) electrons. The van der Waals surface area contributed by atoms with E-state index in [9.17, 15) is 0 Å². The van der Waals surface area contributed by atoms with Gasteiger partial charge in [0, 0.05) is 57.6 Å². The molecule has 1 saturated heterocycles. The molecule has 2 aromatic rings. The molecule has 0 atom stereocenters. The summed E-state index contributed by atoms with van der Waals surface area (Å²) in [6, 6.07) is 12.4. The van der Waals surface area contributed by atoms with E-state index in [1.165, 1.54) is 11.3 Å². The Bertz CT molecular complexity index is 670. The van der Waals surface area contributed by atoms with Crippen molar-refractivity contribution in [3.8, 4) is 11.5 Å². The van der Waals surface area contributed by atoms with Crippen LogP contribution in [0, 0.1) is 0 Å². The quantitative estimate of drug-likeness (QED) is 0.727. The van der Waals surface area contributed by atoms with Crippen LogP contribution in [-0.2, 0) is 12.8 Å². The van der Waals surface area contributed by atoms with Crippen LogP contribution >= 0.6 is 0 Å². The highest BCUT2D eigenvalue weighted by atomic mass is 16.5. The molecule has 0 N–H and O–H groups in total. The number of nitrogens with zero attached hydrogens (tertiary/aromatic N) is 3. The van der Waals surface area contributed by atoms with Gasteiger partial charge in [-0.2, -0.15) is 0 Å². The first-order chi connectivity index (χ1) is 12.8. The number of hydrogen-bond donors (Lipinski definition) is 0. The van der Waals surface area contributed by atoms with Gasteiger partial charge in [0.15, 0.2) is 11.5 Å². The van der Waals surface area contributed by atoms with Gasteiger partial charge in [-0.05, 0) is 36.2 Å². The van der Waals surface area contributed by atoms with Crippen molar-refractivity contribution in [3.05, 3.63) is 53.9 Å². The van der Waals surface area contributed by atoms with Crippen LogP contribution in [0.3, 0.4) is 0 Å². The van der Waals surface area contributed by atoms with E-state index in [2.05, 4.69) is 39.0 Å². The fourth-order valence-electron chi connectivity index (χ4n) is 3.38. The van der Waals surface area contributed by atoms with Crippen molar-refractivity contribution < 1.29 is 9.47 Å². The number of rotatable bonds is 8. The summed E-state index contributed by atoms with van der Waals surface area (Å²) in [4.78, 5) is 9.50. The van der Waals surface area contributed by atoms with Crippen molar-refractivity contribution in [3.63, 3.8) is 0 Å². The maximum absolute atomic E-state index is 5.40. The van der Waals surface area contributed by atoms with E-state index in [1.807, 2.05) is 18.3 Å². The van der Waals surface area contributed by atoms with Crippen LogP contribution in [0.5, 0.6) is 11.5 Å². The monoisotopic (exact) mass is 355 g/mol. The first-order valence-electron chi connectivity index (χ1n) is 9.34. The van der Waals surface area contributed by atoms with E-state index in [-0.39, 0.29) is 0 Å². The molecule has 1 fully saturated rings. The summed E-state index contributed by atoms with van der Waals surface area (Å²) in [6.45, 7) is 6.73. The molecule has 0 unspecified atom stereocenters. The van der Waals surface area contributed by atoms with Gasteiger partial charge < -0.3 is 19.3 Å². The van der Waals surface area contributed by atoms with Crippen molar-refractivity contribution in [1.82, 2.24) is 14.8 Å². The summed E-state index contributed by atoms with van der Waals surface area (Å²) >= 11 is 0. The van der Waals surface area contributed by atoms with Crippen LogP contribution in [0.2, 0.25) is 0 Å². The van der Waals surface area contributed by atoms with Crippen LogP contribution < -0.4 is 9.47 Å². The van der Waals surface area contributed by atoms with Crippen LogP contribution in [0.4, 0.5) is 0 Å². The third-order valence-corrected chi connectivity index (χ3v) is 5.04. The minimum atomic E-state index is 0.790. The van der Waals surface area contributed by atoms with Gasteiger partial charge in [0.25, 0.3) is 0 Å². The molecule has 0 aliphatic carbocycles. The minimum absolute atomic E-state index is 0.790. The maximum atomic E-state index is 5.40. The zero-order chi connectivity index (χ0) is 18.2. The highest BCUT2D eigenvalue weighted by Crippen LogP contribution is 2.27. The van der Waals surface area contributed by atoms with Gasteiger partial charge in [-0.1, -0.05) is 12.1 Å². The Kier molecular flexibility index (Phi) is 6.86. The fraction of sp³-hybridized carbons (Fsp3) is 0.476. The molecule has 2 heterocycles. The zero-order valence-corrected chi connectivity index (χ0v) is 15.9. The Morgan fingerprint density at radius 1 is 0.846 bits per heavy atom. The Morgan fingerprint density at radius 3 is 2.15 bits per heavy atom. The smallest absolute Gasteiger partial charge is 0.160 e. The van der Waals surface area contributed by atoms with Gasteiger partial charge in [0.2, 0.25) is 0 Å². The summed E-state index contributed by atoms with van der Waals surface area (Å²) < 4.78 is 10.7. The Balaban J connectivity index is 1.40. The summed E-state index contributed by atoms with van der Waals surface area (Å²) in [7, 11) is 3.36. The van der Waals surface area contributed by atoms with Gasteiger partial charge in [0.1, 0.15) is 0 Å². The predicted molar refractivity (Wildman–Crippen MR) is 104 cm³/mol. The molecule has 1 aliphatic heterocycles. The Hall–Kier alpha value is -2.11. The second kappa shape index (κ2) is 9.55. The second-order valence-electron chi connectivity index (χ2n) is 6.69. The molecule has 5 heteroatoms. The lowest BCUT2D eigenvalue weighted by molar-refractivity contribution is 0.134. The number of benzene rings is 1. The van der Waals surface area contributed by atoms with Gasteiger partial charge in [0.05, 0.1) is 14.2 Å². The molecule has 1 aromatic carbocycles. The van der Waals surface area contributed by atoms with Gasteiger partial charge >= 0.3 is 0 Å². The molecular formula is C21H29N3O2. The fourth-order valence-corrected chi connectivity index (χ4v) is 3.38. The van der Waals surface area contributed by atoms with Crippen molar-refractivity contribution in [2.75, 3.05) is 53.5 Å². The number of hydrogen-bond acceptors (Lipinski definition) is 5. The van der Waals surface area contributed by atoms with Crippen molar-refractivity contribution >= 4 is 0 Å². The van der Waals surface area contributed by atoms with Crippen LogP contribution in [-0.4, -0.2) is 68.3 Å². The van der Waals surface area contributed by atoms with E-state index in [0.29, 0.717) is 0 Å². The average molecular weight is 355 g/mol. The molecule has 26 heavy (non-hydrogen) atoms. The lowest BCUT2D eigenvalue weighted by atomic mass is 10.1. The molecule has 0 bridgehead atoms. The number of methoxy groups -OCH3 is 2. The molecular weight excluding hydrogens is 326 g/mol. The predicted octanol–water partition coefficient (Wildman–Crippen LogP) is 2.50. The first kappa shape index (κ1) is 18.7.